The first-order chi connectivity index (χ1) is 20.1. The van der Waals surface area contributed by atoms with Gasteiger partial charge < -0.3 is 16.4 Å². The number of benzene rings is 3. The third-order valence-electron chi connectivity index (χ3n) is 9.17. The van der Waals surface area contributed by atoms with E-state index in [9.17, 15) is 4.79 Å². The molecule has 4 rings (SSSR count). The summed E-state index contributed by atoms with van der Waals surface area (Å²) < 4.78 is 2.51. The summed E-state index contributed by atoms with van der Waals surface area (Å²) in [5, 5.41) is 6.46. The Labute approximate surface area is 252 Å². The summed E-state index contributed by atoms with van der Waals surface area (Å²) in [6.45, 7) is 17.8. The first kappa shape index (κ1) is 31.2. The molecule has 0 aromatic heterocycles. The van der Waals surface area contributed by atoms with Gasteiger partial charge in [-0.05, 0) is 125 Å². The molecule has 0 bridgehead atoms. The minimum Gasteiger partial charge on any atom is -0.356 e. The summed E-state index contributed by atoms with van der Waals surface area (Å²) in [5.74, 6) is 0.0937. The fourth-order valence-electron chi connectivity index (χ4n) is 6.16. The predicted octanol–water partition coefficient (Wildman–Crippen LogP) is 7.70. The molecule has 1 heterocycles. The Balaban J connectivity index is 1.65. The number of para-hydroxylation sites is 1. The molecule has 3 aromatic carbocycles. The van der Waals surface area contributed by atoms with Gasteiger partial charge in [-0.15, -0.1) is 0 Å². The minimum absolute atomic E-state index is 0.0937. The van der Waals surface area contributed by atoms with Gasteiger partial charge >= 0.3 is 0 Å². The Morgan fingerprint density at radius 2 is 1.50 bits per heavy atom. The van der Waals surface area contributed by atoms with Gasteiger partial charge in [-0.25, -0.2) is 0 Å². The molecule has 5 heteroatoms. The first-order valence-corrected chi connectivity index (χ1v) is 15.4. The molecule has 5 nitrogen and oxygen atoms in total. The molecule has 0 aliphatic carbocycles. The molecule has 0 spiro atoms. The van der Waals surface area contributed by atoms with Crippen LogP contribution in [0.1, 0.15) is 78.5 Å². The lowest BCUT2D eigenvalue weighted by atomic mass is 9.80. The zero-order chi connectivity index (χ0) is 30.4. The maximum absolute atomic E-state index is 12.0. The number of hydrogen-bond donors (Lipinski definition) is 3. The number of nitrogens with two attached hydrogens (primary N) is 1. The van der Waals surface area contributed by atoms with E-state index in [4.69, 9.17) is 5.73 Å². The highest BCUT2D eigenvalue weighted by Crippen LogP contribution is 2.42. The number of anilines is 2. The van der Waals surface area contributed by atoms with Crippen LogP contribution in [0.5, 0.6) is 0 Å². The lowest BCUT2D eigenvalue weighted by Gasteiger charge is -2.18. The van der Waals surface area contributed by atoms with Crippen LogP contribution in [0.3, 0.4) is 0 Å². The molecule has 3 aromatic rings. The lowest BCUT2D eigenvalue weighted by Crippen LogP contribution is -2.28. The Kier molecular flexibility index (Phi) is 10.1. The third-order valence-corrected chi connectivity index (χ3v) is 9.17. The molecule has 0 unspecified atom stereocenters. The van der Waals surface area contributed by atoms with Crippen LogP contribution in [-0.2, 0) is 10.2 Å². The molecule has 0 saturated heterocycles. The predicted molar refractivity (Wildman–Crippen MR) is 179 cm³/mol. The van der Waals surface area contributed by atoms with Crippen molar-refractivity contribution in [2.45, 2.75) is 79.6 Å². The molecule has 0 atom stereocenters. The summed E-state index contributed by atoms with van der Waals surface area (Å²) in [6.07, 6.45) is 8.14. The van der Waals surface area contributed by atoms with Gasteiger partial charge in [0.25, 0.3) is 0 Å². The van der Waals surface area contributed by atoms with E-state index in [2.05, 4.69) is 118 Å². The smallest absolute Gasteiger partial charge is 0.220 e. The van der Waals surface area contributed by atoms with E-state index in [1.54, 1.807) is 0 Å². The molecule has 222 valence electrons. The number of fused-ring (bicyclic) bond motifs is 1. The average Bonchev–Trinajstić information content (AvgIpc) is 3.19. The van der Waals surface area contributed by atoms with E-state index in [0.29, 0.717) is 19.5 Å². The number of nitrogens with zero attached hydrogens (tertiary/aromatic N) is 1. The second-order valence-corrected chi connectivity index (χ2v) is 12.2. The van der Waals surface area contributed by atoms with Crippen molar-refractivity contribution >= 4 is 34.8 Å². The summed E-state index contributed by atoms with van der Waals surface area (Å²) in [4.78, 5) is 12.0. The van der Waals surface area contributed by atoms with Gasteiger partial charge in [-0.3, -0.25) is 4.79 Å². The van der Waals surface area contributed by atoms with Crippen molar-refractivity contribution in [3.63, 3.8) is 0 Å². The number of carbonyl (C=O) groups excluding carboxylic acids is 1. The van der Waals surface area contributed by atoms with Gasteiger partial charge in [0.1, 0.15) is 6.54 Å². The number of carbonyl (C=O) groups is 1. The van der Waals surface area contributed by atoms with E-state index in [1.165, 1.54) is 50.3 Å². The van der Waals surface area contributed by atoms with Gasteiger partial charge in [0.15, 0.2) is 5.71 Å². The number of amides is 1. The van der Waals surface area contributed by atoms with Crippen LogP contribution >= 0.6 is 0 Å². The summed E-state index contributed by atoms with van der Waals surface area (Å²) in [7, 11) is 0. The van der Waals surface area contributed by atoms with Gasteiger partial charge in [0.2, 0.25) is 11.6 Å². The number of unbranched alkanes of at least 4 members (excludes halogenated alkanes) is 2. The second-order valence-electron chi connectivity index (χ2n) is 12.2. The van der Waals surface area contributed by atoms with E-state index in [1.807, 2.05) is 6.07 Å². The Morgan fingerprint density at radius 1 is 0.833 bits per heavy atom. The zero-order valence-corrected chi connectivity index (χ0v) is 26.7. The van der Waals surface area contributed by atoms with Crippen molar-refractivity contribution in [3.05, 3.63) is 93.6 Å². The van der Waals surface area contributed by atoms with E-state index >= 15 is 0 Å². The number of rotatable bonds is 12. The Morgan fingerprint density at radius 3 is 2.17 bits per heavy atom. The largest absolute Gasteiger partial charge is 0.356 e. The fourth-order valence-corrected chi connectivity index (χ4v) is 6.16. The van der Waals surface area contributed by atoms with Gasteiger partial charge in [-0.2, -0.15) is 4.58 Å². The van der Waals surface area contributed by atoms with Crippen LogP contribution in [0, 0.1) is 34.6 Å². The van der Waals surface area contributed by atoms with E-state index in [0.717, 1.165) is 37.2 Å². The SMILES string of the molecule is Cc1c(C)c(C)c(/C=C/C2=[N+](CCCCCC(=O)NCCN)c3ccc(Nc4ccccc4)cc3C2(C)C)c(C)c1C. The zero-order valence-electron chi connectivity index (χ0n) is 26.7. The van der Waals surface area contributed by atoms with Crippen molar-refractivity contribution in [2.75, 3.05) is 25.0 Å². The van der Waals surface area contributed by atoms with Crippen molar-refractivity contribution in [1.29, 1.82) is 0 Å². The number of hydrogen-bond acceptors (Lipinski definition) is 3. The van der Waals surface area contributed by atoms with Crippen LogP contribution in [0.25, 0.3) is 6.08 Å². The van der Waals surface area contributed by atoms with Gasteiger partial charge in [0, 0.05) is 55.0 Å². The highest BCUT2D eigenvalue weighted by atomic mass is 16.1. The highest BCUT2D eigenvalue weighted by Gasteiger charge is 2.44. The quantitative estimate of drug-likeness (QED) is 0.156. The molecule has 0 fully saturated rings. The Hall–Kier alpha value is -3.70. The van der Waals surface area contributed by atoms with Crippen LogP contribution in [0.4, 0.5) is 17.1 Å². The molecule has 42 heavy (non-hydrogen) atoms. The monoisotopic (exact) mass is 565 g/mol. The molecule has 0 saturated carbocycles. The van der Waals surface area contributed by atoms with Gasteiger partial charge in [0.05, 0.1) is 5.41 Å². The van der Waals surface area contributed by atoms with Crippen LogP contribution < -0.4 is 16.4 Å². The summed E-state index contributed by atoms with van der Waals surface area (Å²) in [6, 6.07) is 17.1. The van der Waals surface area contributed by atoms with Crippen molar-refractivity contribution in [2.24, 2.45) is 5.73 Å². The molecule has 0 radical (unpaired) electrons. The van der Waals surface area contributed by atoms with E-state index < -0.39 is 0 Å². The van der Waals surface area contributed by atoms with Crippen LogP contribution in [0.2, 0.25) is 0 Å². The third kappa shape index (κ3) is 6.68. The molecule has 1 amide bonds. The first-order valence-electron chi connectivity index (χ1n) is 15.4. The summed E-state index contributed by atoms with van der Waals surface area (Å²) >= 11 is 0. The number of nitrogens with one attached hydrogen (secondary N) is 2. The maximum Gasteiger partial charge on any atom is 0.220 e. The summed E-state index contributed by atoms with van der Waals surface area (Å²) in [5.41, 5.74) is 19.6. The molecule has 1 aliphatic rings. The Bertz CT molecular complexity index is 1470. The number of allylic oxidation sites excluding steroid dienone is 1. The standard InChI is InChI=1S/C37H48N4O/c1-25-26(2)28(4)32(29(5)27(25)3)18-20-35-37(6,7)33-24-31(40-30-14-10-8-11-15-30)17-19-34(33)41(35)23-13-9-12-16-36(42)39-22-21-38/h8,10-11,14-15,17-20,24,40H,9,12-13,16,21-23,38H2,1-7H3/p+1/b20-18+. The minimum atomic E-state index is -0.168. The molecule has 4 N–H and O–H groups in total. The normalized spacial score (nSPS) is 14.0. The van der Waals surface area contributed by atoms with E-state index in [-0.39, 0.29) is 11.3 Å². The highest BCUT2D eigenvalue weighted by molar-refractivity contribution is 6.05. The second kappa shape index (κ2) is 13.5. The fraction of sp³-hybridized carbons (Fsp3) is 0.405. The van der Waals surface area contributed by atoms with Crippen LogP contribution in [0.15, 0.2) is 54.6 Å². The maximum atomic E-state index is 12.0. The molecular weight excluding hydrogens is 516 g/mol. The topological polar surface area (TPSA) is 70.2 Å². The molecule has 1 aliphatic heterocycles. The van der Waals surface area contributed by atoms with Crippen molar-refractivity contribution < 1.29 is 9.37 Å². The molecular formula is C37H49N4O+. The lowest BCUT2D eigenvalue weighted by molar-refractivity contribution is -0.438. The van der Waals surface area contributed by atoms with Crippen LogP contribution in [-0.4, -0.2) is 35.8 Å². The average molecular weight is 566 g/mol. The van der Waals surface area contributed by atoms with Crippen molar-refractivity contribution in [1.82, 2.24) is 5.32 Å². The van der Waals surface area contributed by atoms with Crippen molar-refractivity contribution in [3.8, 4) is 0 Å². The van der Waals surface area contributed by atoms with Gasteiger partial charge in [-0.1, -0.05) is 18.2 Å².